The van der Waals surface area contributed by atoms with Crippen molar-refractivity contribution in [1.29, 1.82) is 0 Å². The average Bonchev–Trinajstić information content (AvgIpc) is 2.89. The number of nitrogens with zero attached hydrogens (tertiary/aromatic N) is 3. The first kappa shape index (κ1) is 14.3. The lowest BCUT2D eigenvalue weighted by molar-refractivity contribution is -0.385. The number of hydrogen-bond acceptors (Lipinski definition) is 4. The number of likely N-dealkylation sites (tertiary alicyclic amines) is 1. The first-order valence-corrected chi connectivity index (χ1v) is 7.57. The smallest absolute Gasteiger partial charge is 0.319 e. The van der Waals surface area contributed by atoms with Crippen molar-refractivity contribution in [2.75, 3.05) is 6.54 Å². The molecule has 1 aliphatic heterocycles. The molecule has 112 valence electrons. The van der Waals surface area contributed by atoms with Crippen LogP contribution in [0.2, 0.25) is 5.15 Å². The lowest BCUT2D eigenvalue weighted by Gasteiger charge is -2.31. The Labute approximate surface area is 127 Å². The van der Waals surface area contributed by atoms with E-state index < -0.39 is 4.92 Å². The fraction of sp³-hybridized carbons (Fsp3) is 0.571. The zero-order valence-electron chi connectivity index (χ0n) is 11.5. The van der Waals surface area contributed by atoms with Crippen molar-refractivity contribution >= 4 is 23.2 Å². The second-order valence-electron chi connectivity index (χ2n) is 5.65. The molecule has 3 rings (SSSR count). The molecule has 1 saturated carbocycles. The maximum Gasteiger partial charge on any atom is 0.319 e. The van der Waals surface area contributed by atoms with Gasteiger partial charge in [-0.1, -0.05) is 24.4 Å². The van der Waals surface area contributed by atoms with Crippen molar-refractivity contribution in [3.63, 3.8) is 0 Å². The van der Waals surface area contributed by atoms with Gasteiger partial charge < -0.3 is 4.90 Å². The van der Waals surface area contributed by atoms with Crippen LogP contribution >= 0.6 is 11.6 Å². The van der Waals surface area contributed by atoms with Crippen molar-refractivity contribution in [2.45, 2.75) is 38.1 Å². The van der Waals surface area contributed by atoms with Crippen molar-refractivity contribution in [2.24, 2.45) is 5.92 Å². The van der Waals surface area contributed by atoms with E-state index in [2.05, 4.69) is 4.98 Å². The first-order chi connectivity index (χ1) is 10.1. The highest BCUT2D eigenvalue weighted by Crippen LogP contribution is 2.38. The molecule has 21 heavy (non-hydrogen) atoms. The zero-order chi connectivity index (χ0) is 15.0. The van der Waals surface area contributed by atoms with Crippen LogP contribution in [0, 0.1) is 16.0 Å². The van der Waals surface area contributed by atoms with Crippen molar-refractivity contribution in [3.05, 3.63) is 33.1 Å². The van der Waals surface area contributed by atoms with Crippen molar-refractivity contribution < 1.29 is 9.72 Å². The molecule has 1 aromatic rings. The van der Waals surface area contributed by atoms with E-state index >= 15 is 0 Å². The van der Waals surface area contributed by atoms with Crippen LogP contribution in [0.15, 0.2) is 12.3 Å². The lowest BCUT2D eigenvalue weighted by atomic mass is 9.85. The van der Waals surface area contributed by atoms with Gasteiger partial charge in [-0.25, -0.2) is 4.98 Å². The number of rotatable bonds is 2. The molecule has 0 N–H and O–H groups in total. The van der Waals surface area contributed by atoms with Crippen molar-refractivity contribution in [1.82, 2.24) is 9.88 Å². The summed E-state index contributed by atoms with van der Waals surface area (Å²) in [5.74, 6) is 0.250. The fourth-order valence-electron chi connectivity index (χ4n) is 3.59. The molecule has 0 bridgehead atoms. The number of carbonyl (C=O) groups excluding carboxylic acids is 1. The van der Waals surface area contributed by atoms with E-state index in [1.807, 2.05) is 0 Å². The first-order valence-electron chi connectivity index (χ1n) is 7.19. The second kappa shape index (κ2) is 5.60. The van der Waals surface area contributed by atoms with E-state index in [9.17, 15) is 14.9 Å². The quantitative estimate of drug-likeness (QED) is 0.478. The molecule has 1 saturated heterocycles. The Morgan fingerprint density at radius 1 is 1.38 bits per heavy atom. The highest BCUT2D eigenvalue weighted by atomic mass is 35.5. The molecule has 7 heteroatoms. The molecule has 1 aromatic heterocycles. The topological polar surface area (TPSA) is 76.3 Å². The number of fused-ring (bicyclic) bond motifs is 1. The van der Waals surface area contributed by atoms with Gasteiger partial charge in [0, 0.05) is 18.8 Å². The summed E-state index contributed by atoms with van der Waals surface area (Å²) in [5, 5.41) is 10.9. The summed E-state index contributed by atoms with van der Waals surface area (Å²) in [4.78, 5) is 28.7. The molecule has 0 spiro atoms. The maximum atomic E-state index is 12.7. The Morgan fingerprint density at radius 2 is 2.14 bits per heavy atom. The largest absolute Gasteiger partial charge is 0.335 e. The van der Waals surface area contributed by atoms with Crippen LogP contribution in [0.25, 0.3) is 0 Å². The highest BCUT2D eigenvalue weighted by Gasteiger charge is 2.40. The Kier molecular flexibility index (Phi) is 3.80. The third kappa shape index (κ3) is 2.48. The summed E-state index contributed by atoms with van der Waals surface area (Å²) >= 11 is 5.79. The highest BCUT2D eigenvalue weighted by molar-refractivity contribution is 6.32. The Bertz CT molecular complexity index is 593. The minimum atomic E-state index is -0.628. The van der Waals surface area contributed by atoms with Gasteiger partial charge in [-0.2, -0.15) is 0 Å². The fourth-order valence-corrected chi connectivity index (χ4v) is 3.81. The lowest BCUT2D eigenvalue weighted by Crippen LogP contribution is -2.39. The molecule has 6 nitrogen and oxygen atoms in total. The number of halogens is 1. The second-order valence-corrected chi connectivity index (χ2v) is 6.01. The van der Waals surface area contributed by atoms with E-state index in [1.165, 1.54) is 18.7 Å². The van der Waals surface area contributed by atoms with E-state index in [-0.39, 0.29) is 28.4 Å². The predicted molar refractivity (Wildman–Crippen MR) is 77.3 cm³/mol. The van der Waals surface area contributed by atoms with E-state index in [4.69, 9.17) is 11.6 Å². The number of nitro groups is 1. The van der Waals surface area contributed by atoms with Gasteiger partial charge in [0.2, 0.25) is 5.15 Å². The van der Waals surface area contributed by atoms with Gasteiger partial charge in [-0.3, -0.25) is 14.9 Å². The van der Waals surface area contributed by atoms with Gasteiger partial charge >= 0.3 is 5.69 Å². The zero-order valence-corrected chi connectivity index (χ0v) is 12.3. The summed E-state index contributed by atoms with van der Waals surface area (Å²) in [6, 6.07) is 1.61. The predicted octanol–water partition coefficient (Wildman–Crippen LogP) is 3.05. The monoisotopic (exact) mass is 309 g/mol. The van der Waals surface area contributed by atoms with Gasteiger partial charge in [0.25, 0.3) is 5.91 Å². The molecule has 1 aliphatic carbocycles. The molecule has 1 amide bonds. The van der Waals surface area contributed by atoms with Crippen LogP contribution in [-0.2, 0) is 0 Å². The third-order valence-electron chi connectivity index (χ3n) is 4.56. The van der Waals surface area contributed by atoms with E-state index in [0.29, 0.717) is 12.5 Å². The molecular weight excluding hydrogens is 294 g/mol. The minimum absolute atomic E-state index is 0.0474. The van der Waals surface area contributed by atoms with Gasteiger partial charge in [0.1, 0.15) is 5.56 Å². The Hall–Kier alpha value is -1.69. The molecular formula is C14H16ClN3O3. The van der Waals surface area contributed by atoms with E-state index in [1.54, 1.807) is 4.90 Å². The minimum Gasteiger partial charge on any atom is -0.335 e. The van der Waals surface area contributed by atoms with Gasteiger partial charge in [0.05, 0.1) is 4.92 Å². The van der Waals surface area contributed by atoms with Crippen LogP contribution in [0.5, 0.6) is 0 Å². The summed E-state index contributed by atoms with van der Waals surface area (Å²) in [6.45, 7) is 0.672. The Balaban J connectivity index is 1.92. The number of pyridine rings is 1. The van der Waals surface area contributed by atoms with Gasteiger partial charge in [0.15, 0.2) is 0 Å². The van der Waals surface area contributed by atoms with Crippen LogP contribution in [0.4, 0.5) is 5.69 Å². The van der Waals surface area contributed by atoms with Crippen LogP contribution in [0.3, 0.4) is 0 Å². The van der Waals surface area contributed by atoms with Crippen LogP contribution in [-0.4, -0.2) is 33.3 Å². The number of aromatic nitrogens is 1. The summed E-state index contributed by atoms with van der Waals surface area (Å²) in [7, 11) is 0. The van der Waals surface area contributed by atoms with E-state index in [0.717, 1.165) is 25.7 Å². The molecule has 2 atom stereocenters. The Morgan fingerprint density at radius 3 is 2.90 bits per heavy atom. The maximum absolute atomic E-state index is 12.7. The summed E-state index contributed by atoms with van der Waals surface area (Å²) in [6.07, 6.45) is 6.80. The number of hydrogen-bond donors (Lipinski definition) is 0. The number of carbonyl (C=O) groups is 1. The van der Waals surface area contributed by atoms with Gasteiger partial charge in [-0.15, -0.1) is 0 Å². The molecule has 2 aliphatic rings. The third-order valence-corrected chi connectivity index (χ3v) is 4.84. The molecule has 2 unspecified atom stereocenters. The molecule has 2 fully saturated rings. The number of amides is 1. The van der Waals surface area contributed by atoms with Crippen LogP contribution < -0.4 is 0 Å². The SMILES string of the molecule is O=C(c1ccnc(Cl)c1[N+](=O)[O-])N1CCC2CCCCC21. The molecule has 0 aromatic carbocycles. The van der Waals surface area contributed by atoms with Gasteiger partial charge in [-0.05, 0) is 31.2 Å². The van der Waals surface area contributed by atoms with Crippen molar-refractivity contribution in [3.8, 4) is 0 Å². The normalized spacial score (nSPS) is 24.7. The summed E-state index contributed by atoms with van der Waals surface area (Å²) in [5.41, 5.74) is -0.338. The summed E-state index contributed by atoms with van der Waals surface area (Å²) < 4.78 is 0. The average molecular weight is 310 g/mol. The molecule has 0 radical (unpaired) electrons. The molecule has 2 heterocycles. The van der Waals surface area contributed by atoms with Crippen LogP contribution in [0.1, 0.15) is 42.5 Å². The standard InChI is InChI=1S/C14H16ClN3O3/c15-13-12(18(20)21)10(5-7-16-13)14(19)17-8-6-9-3-1-2-4-11(9)17/h5,7,9,11H,1-4,6,8H2.